The third-order valence-electron chi connectivity index (χ3n) is 4.99. The Hall–Kier alpha value is -2.77. The second-order valence-electron chi connectivity index (χ2n) is 6.69. The molecular weight excluding hydrogens is 382 g/mol. The van der Waals surface area contributed by atoms with E-state index in [9.17, 15) is 9.90 Å². The summed E-state index contributed by atoms with van der Waals surface area (Å²) in [6.45, 7) is 1.29. The first kappa shape index (κ1) is 18.6. The van der Waals surface area contributed by atoms with Crippen molar-refractivity contribution in [1.29, 1.82) is 0 Å². The van der Waals surface area contributed by atoms with E-state index in [2.05, 4.69) is 9.97 Å². The van der Waals surface area contributed by atoms with Crippen LogP contribution in [-0.2, 0) is 4.74 Å². The van der Waals surface area contributed by atoms with Gasteiger partial charge in [0.25, 0.3) is 0 Å². The fraction of sp³-hybridized carbons (Fsp3) is 0.300. The number of esters is 1. The summed E-state index contributed by atoms with van der Waals surface area (Å²) in [5.74, 6) is 0.745. The highest BCUT2D eigenvalue weighted by Gasteiger charge is 2.23. The zero-order valence-electron chi connectivity index (χ0n) is 15.5. The topological polar surface area (TPSA) is 87.7 Å². The molecule has 0 amide bonds. The fourth-order valence-electron chi connectivity index (χ4n) is 3.55. The minimum Gasteiger partial charge on any atom is -0.480 e. The van der Waals surface area contributed by atoms with Gasteiger partial charge in [-0.2, -0.15) is 4.98 Å². The van der Waals surface area contributed by atoms with E-state index in [1.165, 1.54) is 7.11 Å². The van der Waals surface area contributed by atoms with Crippen LogP contribution < -0.4 is 9.64 Å². The molecule has 146 valence electrons. The number of aliphatic hydroxyl groups is 1. The van der Waals surface area contributed by atoms with Crippen molar-refractivity contribution in [2.75, 3.05) is 32.2 Å². The molecule has 1 saturated heterocycles. The number of halogens is 1. The number of pyridine rings is 1. The summed E-state index contributed by atoms with van der Waals surface area (Å²) in [5, 5.41) is 11.0. The molecular formula is C20H20ClN3O4. The molecule has 0 saturated carbocycles. The van der Waals surface area contributed by atoms with Crippen LogP contribution in [0.1, 0.15) is 16.8 Å². The number of fused-ring (bicyclic) bond motifs is 1. The number of hydrogen-bond acceptors (Lipinski definition) is 6. The van der Waals surface area contributed by atoms with Crippen LogP contribution in [0.2, 0.25) is 5.02 Å². The van der Waals surface area contributed by atoms with Crippen LogP contribution in [0.15, 0.2) is 30.5 Å². The maximum atomic E-state index is 12.0. The lowest BCUT2D eigenvalue weighted by atomic mass is 10.0. The van der Waals surface area contributed by atoms with Crippen LogP contribution in [0.5, 0.6) is 5.88 Å². The smallest absolute Gasteiger partial charge is 0.340 e. The lowest BCUT2D eigenvalue weighted by Crippen LogP contribution is -2.22. The molecule has 0 bridgehead atoms. The summed E-state index contributed by atoms with van der Waals surface area (Å²) in [5.41, 5.74) is 2.60. The number of rotatable bonds is 4. The van der Waals surface area contributed by atoms with Gasteiger partial charge in [0.15, 0.2) is 0 Å². The maximum absolute atomic E-state index is 12.0. The largest absolute Gasteiger partial charge is 0.480 e. The Morgan fingerprint density at radius 3 is 2.82 bits per heavy atom. The van der Waals surface area contributed by atoms with Crippen LogP contribution in [0, 0.1) is 0 Å². The second-order valence-corrected chi connectivity index (χ2v) is 7.09. The maximum Gasteiger partial charge on any atom is 0.340 e. The number of hydrogen-bond donors (Lipinski definition) is 2. The first-order chi connectivity index (χ1) is 13.5. The number of β-amino-alcohol motifs (C(OH)–C–C–N with tert-alkyl or cyclic N) is 1. The molecule has 28 heavy (non-hydrogen) atoms. The van der Waals surface area contributed by atoms with Crippen molar-refractivity contribution in [3.05, 3.63) is 41.0 Å². The SMILES string of the molecule is COC(=O)c1c[nH]c2cc(Cl)c(-c3ccc(N4CCC(O)C4)nc3OC)cc12. The molecule has 0 radical (unpaired) electrons. The molecule has 2 aromatic heterocycles. The first-order valence-electron chi connectivity index (χ1n) is 8.89. The third-order valence-corrected chi connectivity index (χ3v) is 5.30. The van der Waals surface area contributed by atoms with Crippen molar-refractivity contribution in [1.82, 2.24) is 9.97 Å². The van der Waals surface area contributed by atoms with E-state index in [4.69, 9.17) is 21.1 Å². The highest BCUT2D eigenvalue weighted by atomic mass is 35.5. The number of nitrogens with zero attached hydrogens (tertiary/aromatic N) is 2. The zero-order chi connectivity index (χ0) is 19.8. The van der Waals surface area contributed by atoms with E-state index in [0.29, 0.717) is 34.0 Å². The molecule has 1 aliphatic rings. The van der Waals surface area contributed by atoms with Gasteiger partial charge in [-0.05, 0) is 30.7 Å². The van der Waals surface area contributed by atoms with Gasteiger partial charge in [0.05, 0.1) is 30.9 Å². The normalized spacial score (nSPS) is 16.6. The summed E-state index contributed by atoms with van der Waals surface area (Å²) in [6.07, 6.45) is 1.99. The van der Waals surface area contributed by atoms with Crippen molar-refractivity contribution in [2.24, 2.45) is 0 Å². The van der Waals surface area contributed by atoms with Gasteiger partial charge in [-0.3, -0.25) is 0 Å². The molecule has 3 aromatic rings. The molecule has 3 heterocycles. The molecule has 0 spiro atoms. The molecule has 1 aromatic carbocycles. The zero-order valence-corrected chi connectivity index (χ0v) is 16.3. The van der Waals surface area contributed by atoms with Gasteiger partial charge in [-0.1, -0.05) is 11.6 Å². The molecule has 1 aliphatic heterocycles. The first-order valence-corrected chi connectivity index (χ1v) is 9.27. The van der Waals surface area contributed by atoms with Crippen molar-refractivity contribution in [2.45, 2.75) is 12.5 Å². The summed E-state index contributed by atoms with van der Waals surface area (Å²) >= 11 is 6.51. The highest BCUT2D eigenvalue weighted by Crippen LogP contribution is 2.38. The Balaban J connectivity index is 1.80. The third kappa shape index (κ3) is 3.16. The van der Waals surface area contributed by atoms with Gasteiger partial charge in [0.1, 0.15) is 5.82 Å². The Morgan fingerprint density at radius 1 is 1.32 bits per heavy atom. The number of carbonyl (C=O) groups is 1. The van der Waals surface area contributed by atoms with E-state index in [0.717, 1.165) is 29.9 Å². The van der Waals surface area contributed by atoms with Crippen molar-refractivity contribution in [3.8, 4) is 17.0 Å². The number of ether oxygens (including phenoxy) is 2. The average molecular weight is 402 g/mol. The molecule has 7 nitrogen and oxygen atoms in total. The van der Waals surface area contributed by atoms with Gasteiger partial charge in [-0.15, -0.1) is 0 Å². The molecule has 4 rings (SSSR count). The lowest BCUT2D eigenvalue weighted by Gasteiger charge is -2.19. The van der Waals surface area contributed by atoms with E-state index >= 15 is 0 Å². The summed E-state index contributed by atoms with van der Waals surface area (Å²) in [6, 6.07) is 7.38. The van der Waals surface area contributed by atoms with Crippen molar-refractivity contribution >= 4 is 34.3 Å². The van der Waals surface area contributed by atoms with Crippen LogP contribution in [0.4, 0.5) is 5.82 Å². The Kier molecular flexibility index (Phi) is 4.87. The van der Waals surface area contributed by atoms with Gasteiger partial charge < -0.3 is 24.5 Å². The molecule has 1 fully saturated rings. The van der Waals surface area contributed by atoms with E-state index in [1.807, 2.05) is 23.1 Å². The van der Waals surface area contributed by atoms with Gasteiger partial charge in [-0.25, -0.2) is 4.79 Å². The molecule has 1 atom stereocenters. The van der Waals surface area contributed by atoms with E-state index < -0.39 is 5.97 Å². The number of nitrogens with one attached hydrogen (secondary N) is 1. The van der Waals surface area contributed by atoms with Gasteiger partial charge in [0, 0.05) is 41.3 Å². The Bertz CT molecular complexity index is 1050. The average Bonchev–Trinajstić information content (AvgIpc) is 3.32. The predicted octanol–water partition coefficient (Wildman–Crippen LogP) is 3.25. The van der Waals surface area contributed by atoms with Crippen LogP contribution in [-0.4, -0.2) is 54.5 Å². The number of aromatic amines is 1. The minimum absolute atomic E-state index is 0.338. The van der Waals surface area contributed by atoms with E-state index in [-0.39, 0.29) is 6.10 Å². The number of methoxy groups -OCH3 is 2. The summed E-state index contributed by atoms with van der Waals surface area (Å²) < 4.78 is 10.4. The molecule has 8 heteroatoms. The fourth-order valence-corrected chi connectivity index (χ4v) is 3.81. The standard InChI is InChI=1S/C20H20ClN3O4/c1-27-19-12(3-4-18(23-19)24-6-5-11(25)10-24)13-7-14-15(20(26)28-2)9-22-17(14)8-16(13)21/h3-4,7-9,11,22,25H,5-6,10H2,1-2H3. The van der Waals surface area contributed by atoms with Crippen molar-refractivity contribution < 1.29 is 19.4 Å². The summed E-state index contributed by atoms with van der Waals surface area (Å²) in [4.78, 5) is 21.7. The van der Waals surface area contributed by atoms with Gasteiger partial charge in [0.2, 0.25) is 5.88 Å². The summed E-state index contributed by atoms with van der Waals surface area (Å²) in [7, 11) is 2.90. The number of H-pyrrole nitrogens is 1. The highest BCUT2D eigenvalue weighted by molar-refractivity contribution is 6.34. The lowest BCUT2D eigenvalue weighted by molar-refractivity contribution is 0.0603. The number of aromatic nitrogens is 2. The number of aliphatic hydroxyl groups excluding tert-OH is 1. The Morgan fingerprint density at radius 2 is 2.14 bits per heavy atom. The second kappa shape index (κ2) is 7.33. The number of benzene rings is 1. The number of carbonyl (C=O) groups excluding carboxylic acids is 1. The quantitative estimate of drug-likeness (QED) is 0.652. The molecule has 0 aliphatic carbocycles. The van der Waals surface area contributed by atoms with Crippen molar-refractivity contribution in [3.63, 3.8) is 0 Å². The molecule has 2 N–H and O–H groups in total. The van der Waals surface area contributed by atoms with E-state index in [1.54, 1.807) is 19.4 Å². The van der Waals surface area contributed by atoms with Crippen LogP contribution >= 0.6 is 11.6 Å². The Labute approximate surface area is 166 Å². The molecule has 1 unspecified atom stereocenters. The predicted molar refractivity (Wildman–Crippen MR) is 107 cm³/mol. The number of anilines is 1. The monoisotopic (exact) mass is 401 g/mol. The van der Waals surface area contributed by atoms with Crippen LogP contribution in [0.25, 0.3) is 22.0 Å². The van der Waals surface area contributed by atoms with Crippen LogP contribution in [0.3, 0.4) is 0 Å². The van der Waals surface area contributed by atoms with Gasteiger partial charge >= 0.3 is 5.97 Å². The minimum atomic E-state index is -0.424.